The Morgan fingerprint density at radius 3 is 2.26 bits per heavy atom. The first-order valence-electron chi connectivity index (χ1n) is 8.75. The maximum Gasteiger partial charge on any atom is 0.0688 e. The summed E-state index contributed by atoms with van der Waals surface area (Å²) in [4.78, 5) is 0. The molecule has 130 valence electrons. The molecular formula is C20H32O3. The zero-order valence-corrected chi connectivity index (χ0v) is 15.0. The van der Waals surface area contributed by atoms with Crippen molar-refractivity contribution in [2.24, 2.45) is 5.41 Å². The first kappa shape index (κ1) is 18.4. The van der Waals surface area contributed by atoms with Crippen molar-refractivity contribution in [3.8, 4) is 0 Å². The molecule has 2 rings (SSSR count). The lowest BCUT2D eigenvalue weighted by molar-refractivity contribution is 0.157. The van der Waals surface area contributed by atoms with Crippen LogP contribution in [0.2, 0.25) is 0 Å². The van der Waals surface area contributed by atoms with E-state index in [9.17, 15) is 15.3 Å². The first-order valence-corrected chi connectivity index (χ1v) is 8.75. The van der Waals surface area contributed by atoms with E-state index in [-0.39, 0.29) is 31.2 Å². The quantitative estimate of drug-likeness (QED) is 0.776. The number of aliphatic hydroxyl groups excluding tert-OH is 3. The Morgan fingerprint density at radius 2 is 1.74 bits per heavy atom. The molecule has 0 heterocycles. The highest BCUT2D eigenvalue weighted by atomic mass is 16.3. The van der Waals surface area contributed by atoms with Crippen LogP contribution in [0.4, 0.5) is 0 Å². The average molecular weight is 320 g/mol. The van der Waals surface area contributed by atoms with Crippen molar-refractivity contribution in [2.75, 3.05) is 6.61 Å². The van der Waals surface area contributed by atoms with Gasteiger partial charge in [-0.15, -0.1) is 0 Å². The van der Waals surface area contributed by atoms with Gasteiger partial charge in [-0.3, -0.25) is 0 Å². The topological polar surface area (TPSA) is 60.7 Å². The summed E-state index contributed by atoms with van der Waals surface area (Å²) < 4.78 is 0. The van der Waals surface area contributed by atoms with Crippen LogP contribution in [0.5, 0.6) is 0 Å². The molecule has 1 saturated carbocycles. The first-order chi connectivity index (χ1) is 10.8. The lowest BCUT2D eigenvalue weighted by atomic mass is 9.60. The van der Waals surface area contributed by atoms with Gasteiger partial charge in [-0.2, -0.15) is 0 Å². The van der Waals surface area contributed by atoms with E-state index in [1.807, 2.05) is 13.0 Å². The minimum Gasteiger partial charge on any atom is -0.396 e. The molecule has 0 aromatic heterocycles. The van der Waals surface area contributed by atoms with Crippen molar-refractivity contribution in [1.82, 2.24) is 0 Å². The molecule has 0 spiro atoms. The van der Waals surface area contributed by atoms with E-state index in [0.29, 0.717) is 5.41 Å². The molecule has 0 saturated heterocycles. The Bertz CT molecular complexity index is 550. The van der Waals surface area contributed by atoms with Gasteiger partial charge >= 0.3 is 0 Å². The molecule has 2 atom stereocenters. The third kappa shape index (κ3) is 3.62. The van der Waals surface area contributed by atoms with Crippen molar-refractivity contribution in [2.45, 2.75) is 77.9 Å². The van der Waals surface area contributed by atoms with Gasteiger partial charge in [-0.25, -0.2) is 0 Å². The normalized spacial score (nSPS) is 25.3. The Kier molecular flexibility index (Phi) is 5.55. The minimum absolute atomic E-state index is 0.0412. The monoisotopic (exact) mass is 320 g/mol. The van der Waals surface area contributed by atoms with Crippen LogP contribution < -0.4 is 0 Å². The number of hydrogen-bond acceptors (Lipinski definition) is 3. The van der Waals surface area contributed by atoms with E-state index in [0.717, 1.165) is 29.5 Å². The number of benzene rings is 1. The van der Waals surface area contributed by atoms with Crippen LogP contribution in [0.25, 0.3) is 0 Å². The summed E-state index contributed by atoms with van der Waals surface area (Å²) in [7, 11) is 0. The van der Waals surface area contributed by atoms with Crippen LogP contribution in [0, 0.1) is 5.41 Å². The average Bonchev–Trinajstić information content (AvgIpc) is 2.51. The van der Waals surface area contributed by atoms with E-state index < -0.39 is 0 Å². The van der Waals surface area contributed by atoms with E-state index in [1.54, 1.807) is 0 Å². The van der Waals surface area contributed by atoms with Gasteiger partial charge in [0.2, 0.25) is 0 Å². The Balaban J connectivity index is 2.61. The molecule has 0 unspecified atom stereocenters. The zero-order valence-electron chi connectivity index (χ0n) is 15.0. The fraction of sp³-hybridized carbons (Fsp3) is 0.700. The summed E-state index contributed by atoms with van der Waals surface area (Å²) in [6.45, 7) is 8.84. The fourth-order valence-corrected chi connectivity index (χ4v) is 4.65. The number of rotatable bonds is 5. The van der Waals surface area contributed by atoms with Crippen molar-refractivity contribution in [3.05, 3.63) is 34.4 Å². The van der Waals surface area contributed by atoms with Crippen LogP contribution in [0.15, 0.2) is 12.1 Å². The van der Waals surface area contributed by atoms with Gasteiger partial charge in [0.05, 0.1) is 13.2 Å². The smallest absolute Gasteiger partial charge is 0.0688 e. The van der Waals surface area contributed by atoms with Crippen LogP contribution in [0.3, 0.4) is 0 Å². The van der Waals surface area contributed by atoms with E-state index in [4.69, 9.17) is 0 Å². The van der Waals surface area contributed by atoms with Crippen molar-refractivity contribution < 1.29 is 15.3 Å². The largest absolute Gasteiger partial charge is 0.396 e. The highest BCUT2D eigenvalue weighted by Crippen LogP contribution is 2.49. The lowest BCUT2D eigenvalue weighted by Gasteiger charge is -2.45. The molecule has 1 aliphatic carbocycles. The van der Waals surface area contributed by atoms with Gasteiger partial charge in [0, 0.05) is 12.5 Å². The summed E-state index contributed by atoms with van der Waals surface area (Å²) in [6, 6.07) is 4.06. The third-order valence-corrected chi connectivity index (χ3v) is 5.65. The summed E-state index contributed by atoms with van der Waals surface area (Å²) in [6.07, 6.45) is 4.68. The van der Waals surface area contributed by atoms with E-state index in [1.165, 1.54) is 18.4 Å². The van der Waals surface area contributed by atoms with Gasteiger partial charge in [-0.1, -0.05) is 46.2 Å². The molecule has 1 aromatic carbocycles. The van der Waals surface area contributed by atoms with Crippen molar-refractivity contribution >= 4 is 0 Å². The van der Waals surface area contributed by atoms with Gasteiger partial charge in [0.1, 0.15) is 0 Å². The Labute approximate surface area is 140 Å². The number of hydrogen-bond donors (Lipinski definition) is 3. The standard InChI is InChI=1S/C20H32O3/c1-14(10-21)18-16(12-23)15(11-22)6-7-17(18)20(4)9-5-8-19(2,3)13-20/h6-7,14,21-23H,5,8-13H2,1-4H3/t14-,20-/m0/s1. The van der Waals surface area contributed by atoms with Crippen LogP contribution >= 0.6 is 0 Å². The van der Waals surface area contributed by atoms with Gasteiger partial charge in [0.25, 0.3) is 0 Å². The van der Waals surface area contributed by atoms with Crippen molar-refractivity contribution in [3.63, 3.8) is 0 Å². The Hall–Kier alpha value is -0.900. The second kappa shape index (κ2) is 6.92. The predicted molar refractivity (Wildman–Crippen MR) is 93.4 cm³/mol. The summed E-state index contributed by atoms with van der Waals surface area (Å²) >= 11 is 0. The SMILES string of the molecule is C[C@@H](CO)c1c([C@@]2(C)CCCC(C)(C)C2)ccc(CO)c1CO. The molecule has 23 heavy (non-hydrogen) atoms. The maximum atomic E-state index is 9.89. The van der Waals surface area contributed by atoms with Crippen LogP contribution in [-0.2, 0) is 18.6 Å². The Morgan fingerprint density at radius 1 is 1.04 bits per heavy atom. The molecule has 0 aliphatic heterocycles. The molecule has 3 nitrogen and oxygen atoms in total. The van der Waals surface area contributed by atoms with Gasteiger partial charge < -0.3 is 15.3 Å². The highest BCUT2D eigenvalue weighted by molar-refractivity contribution is 5.46. The number of aliphatic hydroxyl groups is 3. The summed E-state index contributed by atoms with van der Waals surface area (Å²) in [5, 5.41) is 29.2. The molecule has 0 amide bonds. The highest BCUT2D eigenvalue weighted by Gasteiger charge is 2.39. The van der Waals surface area contributed by atoms with E-state index in [2.05, 4.69) is 26.8 Å². The summed E-state index contributed by atoms with van der Waals surface area (Å²) in [5.41, 5.74) is 4.22. The fourth-order valence-electron chi connectivity index (χ4n) is 4.65. The maximum absolute atomic E-state index is 9.89. The second-order valence-corrected chi connectivity index (χ2v) is 8.32. The second-order valence-electron chi connectivity index (χ2n) is 8.32. The molecule has 3 heteroatoms. The minimum atomic E-state index is -0.0944. The third-order valence-electron chi connectivity index (χ3n) is 5.65. The van der Waals surface area contributed by atoms with Crippen LogP contribution in [0.1, 0.15) is 81.5 Å². The van der Waals surface area contributed by atoms with Gasteiger partial charge in [-0.05, 0) is 52.3 Å². The molecule has 1 aromatic rings. The zero-order chi connectivity index (χ0) is 17.3. The lowest BCUT2D eigenvalue weighted by Crippen LogP contribution is -2.35. The molecule has 1 aliphatic rings. The van der Waals surface area contributed by atoms with Crippen LogP contribution in [-0.4, -0.2) is 21.9 Å². The molecule has 1 fully saturated rings. The molecular weight excluding hydrogens is 288 g/mol. The van der Waals surface area contributed by atoms with Gasteiger partial charge in [0.15, 0.2) is 0 Å². The predicted octanol–water partition coefficient (Wildman–Crippen LogP) is 3.62. The molecule has 3 N–H and O–H groups in total. The molecule has 0 radical (unpaired) electrons. The summed E-state index contributed by atoms with van der Waals surface area (Å²) in [5.74, 6) is -0.0412. The van der Waals surface area contributed by atoms with Crippen molar-refractivity contribution in [1.29, 1.82) is 0 Å². The van der Waals surface area contributed by atoms with E-state index >= 15 is 0 Å². The molecule has 0 bridgehead atoms.